The van der Waals surface area contributed by atoms with Gasteiger partial charge >= 0.3 is 5.97 Å². The van der Waals surface area contributed by atoms with Crippen LogP contribution in [0.4, 0.5) is 4.39 Å². The Bertz CT molecular complexity index is 521. The van der Waals surface area contributed by atoms with E-state index in [1.165, 1.54) is 12.3 Å². The van der Waals surface area contributed by atoms with E-state index < -0.39 is 11.8 Å². The minimum Gasteiger partial charge on any atom is -0.478 e. The van der Waals surface area contributed by atoms with Gasteiger partial charge in [0.15, 0.2) is 0 Å². The van der Waals surface area contributed by atoms with Gasteiger partial charge in [0.1, 0.15) is 5.82 Å². The number of carboxylic acid groups (broad SMARTS) is 1. The number of rotatable bonds is 1. The van der Waals surface area contributed by atoms with Gasteiger partial charge in [-0.15, -0.1) is 0 Å². The fourth-order valence-corrected chi connectivity index (χ4v) is 1.46. The van der Waals surface area contributed by atoms with Crippen molar-refractivity contribution in [2.24, 2.45) is 0 Å². The van der Waals surface area contributed by atoms with Gasteiger partial charge in [-0.2, -0.15) is 0 Å². The third-order valence-corrected chi connectivity index (χ3v) is 2.24. The topological polar surface area (TPSA) is 53.1 Å². The molecule has 0 unspecified atom stereocenters. The van der Waals surface area contributed by atoms with Crippen LogP contribution in [0.3, 0.4) is 0 Å². The van der Waals surface area contributed by atoms with Crippen LogP contribution in [-0.4, -0.2) is 16.1 Å². The van der Waals surface area contributed by atoms with Crippen molar-refractivity contribution in [1.29, 1.82) is 0 Å². The highest BCUT2D eigenvalue weighted by Crippen LogP contribution is 2.24. The predicted octanol–water partition coefficient (Wildman–Crippen LogP) is 2.66. The van der Waals surface area contributed by atoms with Crippen molar-refractivity contribution >= 4 is 28.5 Å². The highest BCUT2D eigenvalue weighted by molar-refractivity contribution is 6.31. The van der Waals surface area contributed by atoms with E-state index in [0.29, 0.717) is 10.9 Å². The molecule has 0 aliphatic carbocycles. The summed E-state index contributed by atoms with van der Waals surface area (Å²) < 4.78 is 13.0. The van der Waals surface area contributed by atoms with Crippen molar-refractivity contribution in [3.63, 3.8) is 0 Å². The number of aromatic carboxylic acids is 1. The summed E-state index contributed by atoms with van der Waals surface area (Å²) in [4.78, 5) is 13.4. The van der Waals surface area contributed by atoms with Gasteiger partial charge in [-0.1, -0.05) is 11.6 Å². The second-order valence-corrected chi connectivity index (χ2v) is 3.23. The molecule has 2 rings (SSSR count). The SMILES string of the molecule is O=C(O)c1c[nH]c2cc(Cl)c(F)cc12. The predicted molar refractivity (Wildman–Crippen MR) is 50.2 cm³/mol. The molecule has 0 aliphatic heterocycles. The van der Waals surface area contributed by atoms with Crippen LogP contribution >= 0.6 is 11.6 Å². The summed E-state index contributed by atoms with van der Waals surface area (Å²) in [5.74, 6) is -1.72. The molecule has 0 saturated heterocycles. The molecule has 14 heavy (non-hydrogen) atoms. The molecule has 0 amide bonds. The lowest BCUT2D eigenvalue weighted by atomic mass is 10.2. The molecule has 1 heterocycles. The fourth-order valence-electron chi connectivity index (χ4n) is 1.29. The first-order valence-electron chi connectivity index (χ1n) is 3.79. The second-order valence-electron chi connectivity index (χ2n) is 2.82. The maximum atomic E-state index is 13.0. The molecule has 0 saturated carbocycles. The number of benzene rings is 1. The van der Waals surface area contributed by atoms with Crippen LogP contribution in [0.15, 0.2) is 18.3 Å². The lowest BCUT2D eigenvalue weighted by Gasteiger charge is -1.95. The van der Waals surface area contributed by atoms with Gasteiger partial charge in [-0.25, -0.2) is 9.18 Å². The van der Waals surface area contributed by atoms with Gasteiger partial charge in [0.05, 0.1) is 10.6 Å². The van der Waals surface area contributed by atoms with Gasteiger partial charge in [-0.3, -0.25) is 0 Å². The molecule has 2 N–H and O–H groups in total. The molecule has 72 valence electrons. The molecular weight excluding hydrogens is 209 g/mol. The first-order valence-corrected chi connectivity index (χ1v) is 4.17. The van der Waals surface area contributed by atoms with Crippen LogP contribution < -0.4 is 0 Å². The van der Waals surface area contributed by atoms with Crippen molar-refractivity contribution in [3.8, 4) is 0 Å². The normalized spacial score (nSPS) is 10.7. The third kappa shape index (κ3) is 1.24. The van der Waals surface area contributed by atoms with Crippen LogP contribution in [-0.2, 0) is 0 Å². The molecule has 3 nitrogen and oxygen atoms in total. The minimum atomic E-state index is -1.10. The van der Waals surface area contributed by atoms with E-state index in [1.807, 2.05) is 0 Å². The molecule has 2 aromatic rings. The Kier molecular flexibility index (Phi) is 1.93. The molecule has 5 heteroatoms. The highest BCUT2D eigenvalue weighted by Gasteiger charge is 2.12. The molecule has 0 fully saturated rings. The van der Waals surface area contributed by atoms with Crippen LogP contribution in [0.25, 0.3) is 10.9 Å². The van der Waals surface area contributed by atoms with E-state index in [4.69, 9.17) is 16.7 Å². The summed E-state index contributed by atoms with van der Waals surface area (Å²) in [5.41, 5.74) is 0.546. The number of H-pyrrole nitrogens is 1. The molecular formula is C9H5ClFNO2. The largest absolute Gasteiger partial charge is 0.478 e. The van der Waals surface area contributed by atoms with Gasteiger partial charge in [0.25, 0.3) is 0 Å². The van der Waals surface area contributed by atoms with Gasteiger partial charge in [-0.05, 0) is 12.1 Å². The lowest BCUT2D eigenvalue weighted by Crippen LogP contribution is -1.93. The van der Waals surface area contributed by atoms with E-state index >= 15 is 0 Å². The quantitative estimate of drug-likeness (QED) is 0.765. The number of halogens is 2. The fraction of sp³-hybridized carbons (Fsp3) is 0. The van der Waals surface area contributed by atoms with Crippen LogP contribution in [0, 0.1) is 5.82 Å². The van der Waals surface area contributed by atoms with E-state index in [2.05, 4.69) is 4.98 Å². The Morgan fingerprint density at radius 1 is 1.50 bits per heavy atom. The first kappa shape index (κ1) is 9.02. The Hall–Kier alpha value is -1.55. The highest BCUT2D eigenvalue weighted by atomic mass is 35.5. The standard InChI is InChI=1S/C9H5ClFNO2/c10-6-2-8-4(1-7(6)11)5(3-12-8)9(13)14/h1-3,12H,(H,13,14). The lowest BCUT2D eigenvalue weighted by molar-refractivity contribution is 0.0699. The van der Waals surface area contributed by atoms with Gasteiger partial charge in [0.2, 0.25) is 0 Å². The Morgan fingerprint density at radius 2 is 2.21 bits per heavy atom. The number of nitrogens with one attached hydrogen (secondary N) is 1. The smallest absolute Gasteiger partial charge is 0.337 e. The van der Waals surface area contributed by atoms with Crippen LogP contribution in [0.1, 0.15) is 10.4 Å². The van der Waals surface area contributed by atoms with Crippen molar-refractivity contribution < 1.29 is 14.3 Å². The zero-order valence-electron chi connectivity index (χ0n) is 6.84. The van der Waals surface area contributed by atoms with Crippen LogP contribution in [0.5, 0.6) is 0 Å². The Labute approximate surface area is 83.1 Å². The molecule has 0 radical (unpaired) electrons. The third-order valence-electron chi connectivity index (χ3n) is 1.95. The number of hydrogen-bond acceptors (Lipinski definition) is 1. The van der Waals surface area contributed by atoms with E-state index in [9.17, 15) is 9.18 Å². The summed E-state index contributed by atoms with van der Waals surface area (Å²) >= 11 is 5.53. The maximum Gasteiger partial charge on any atom is 0.337 e. The molecule has 0 bridgehead atoms. The number of aromatic nitrogens is 1. The van der Waals surface area contributed by atoms with Crippen molar-refractivity contribution in [2.75, 3.05) is 0 Å². The molecule has 1 aromatic carbocycles. The van der Waals surface area contributed by atoms with E-state index in [-0.39, 0.29) is 10.6 Å². The Morgan fingerprint density at radius 3 is 2.86 bits per heavy atom. The number of hydrogen-bond donors (Lipinski definition) is 2. The van der Waals surface area contributed by atoms with Crippen molar-refractivity contribution in [1.82, 2.24) is 4.98 Å². The second kappa shape index (κ2) is 2.99. The molecule has 1 aromatic heterocycles. The Balaban J connectivity index is 2.80. The average molecular weight is 214 g/mol. The van der Waals surface area contributed by atoms with Crippen LogP contribution in [0.2, 0.25) is 5.02 Å². The maximum absolute atomic E-state index is 13.0. The average Bonchev–Trinajstić information content (AvgIpc) is 2.48. The number of aromatic amines is 1. The summed E-state index contributed by atoms with van der Waals surface area (Å²) in [6.07, 6.45) is 1.31. The van der Waals surface area contributed by atoms with Gasteiger partial charge in [0, 0.05) is 17.1 Å². The monoisotopic (exact) mass is 213 g/mol. The minimum absolute atomic E-state index is 0.0312. The number of carboxylic acids is 1. The van der Waals surface area contributed by atoms with E-state index in [0.717, 1.165) is 6.07 Å². The van der Waals surface area contributed by atoms with Crippen molar-refractivity contribution in [3.05, 3.63) is 34.7 Å². The summed E-state index contributed by atoms with van der Waals surface area (Å²) in [5, 5.41) is 9.04. The number of fused-ring (bicyclic) bond motifs is 1. The zero-order chi connectivity index (χ0) is 10.3. The molecule has 0 spiro atoms. The summed E-state index contributed by atoms with van der Waals surface area (Å²) in [6.45, 7) is 0. The summed E-state index contributed by atoms with van der Waals surface area (Å²) in [7, 11) is 0. The zero-order valence-corrected chi connectivity index (χ0v) is 7.60. The van der Waals surface area contributed by atoms with E-state index in [1.54, 1.807) is 0 Å². The number of carbonyl (C=O) groups is 1. The van der Waals surface area contributed by atoms with Gasteiger partial charge < -0.3 is 10.1 Å². The first-order chi connectivity index (χ1) is 6.59. The summed E-state index contributed by atoms with van der Waals surface area (Å²) in [6, 6.07) is 2.47. The van der Waals surface area contributed by atoms with Crippen molar-refractivity contribution in [2.45, 2.75) is 0 Å². The molecule has 0 atom stereocenters. The molecule has 0 aliphatic rings.